The van der Waals surface area contributed by atoms with Crippen LogP contribution in [0, 0.1) is 17.3 Å². The minimum atomic E-state index is -1.61. The van der Waals surface area contributed by atoms with Crippen LogP contribution in [0.1, 0.15) is 130 Å². The maximum absolute atomic E-state index is 11.0. The second-order valence-corrected chi connectivity index (χ2v) is 10.6. The first-order valence-electron chi connectivity index (χ1n) is 13.0. The van der Waals surface area contributed by atoms with Crippen molar-refractivity contribution in [2.24, 2.45) is 17.3 Å². The Bertz CT molecular complexity index is 515. The molecule has 1 saturated carbocycles. The predicted octanol–water partition coefficient (Wildman–Crippen LogP) is 7.23. The summed E-state index contributed by atoms with van der Waals surface area (Å²) in [6.45, 7) is 8.71. The Morgan fingerprint density at radius 3 is 2.32 bits per heavy atom. The van der Waals surface area contributed by atoms with Crippen molar-refractivity contribution in [1.82, 2.24) is 0 Å². The molecule has 0 aliphatic heterocycles. The summed E-state index contributed by atoms with van der Waals surface area (Å²) < 4.78 is 0. The average molecular weight is 439 g/mol. The number of hydrogen-bond acceptors (Lipinski definition) is 3. The Kier molecular flexibility index (Phi) is 13.0. The van der Waals surface area contributed by atoms with E-state index in [-0.39, 0.29) is 17.8 Å². The van der Waals surface area contributed by atoms with Crippen molar-refractivity contribution in [2.45, 2.75) is 136 Å². The van der Waals surface area contributed by atoms with Crippen molar-refractivity contribution in [3.05, 3.63) is 11.6 Å². The molecule has 3 N–H and O–H groups in total. The Balaban J connectivity index is 2.73. The van der Waals surface area contributed by atoms with Gasteiger partial charge in [0.1, 0.15) is 0 Å². The van der Waals surface area contributed by atoms with E-state index in [1.165, 1.54) is 24.8 Å². The average Bonchev–Trinajstić information content (AvgIpc) is 3.14. The van der Waals surface area contributed by atoms with Gasteiger partial charge in [0, 0.05) is 18.8 Å². The lowest BCUT2D eigenvalue weighted by molar-refractivity contribution is -0.229. The van der Waals surface area contributed by atoms with Gasteiger partial charge >= 0.3 is 5.97 Å². The quantitative estimate of drug-likeness (QED) is 0.127. The van der Waals surface area contributed by atoms with Crippen molar-refractivity contribution < 1.29 is 20.1 Å². The number of aliphatic hydroxyl groups is 2. The van der Waals surface area contributed by atoms with E-state index in [1.807, 2.05) is 0 Å². The van der Waals surface area contributed by atoms with Gasteiger partial charge in [-0.2, -0.15) is 0 Å². The third-order valence-electron chi connectivity index (χ3n) is 7.43. The Morgan fingerprint density at radius 1 is 1.03 bits per heavy atom. The van der Waals surface area contributed by atoms with Gasteiger partial charge in [0.25, 0.3) is 0 Å². The molecule has 0 aromatic carbocycles. The fraction of sp³-hybridized carbons (Fsp3) is 0.889. The van der Waals surface area contributed by atoms with E-state index in [4.69, 9.17) is 5.11 Å². The maximum Gasteiger partial charge on any atom is 0.303 e. The van der Waals surface area contributed by atoms with E-state index in [9.17, 15) is 15.0 Å². The topological polar surface area (TPSA) is 77.8 Å². The smallest absolute Gasteiger partial charge is 0.303 e. The van der Waals surface area contributed by atoms with Crippen molar-refractivity contribution >= 4 is 5.97 Å². The maximum atomic E-state index is 11.0. The van der Waals surface area contributed by atoms with Crippen molar-refractivity contribution in [3.63, 3.8) is 0 Å². The van der Waals surface area contributed by atoms with Crippen LogP contribution < -0.4 is 0 Å². The number of rotatable bonds is 17. The molecule has 4 heteroatoms. The molecule has 0 heterocycles. The van der Waals surface area contributed by atoms with Crippen molar-refractivity contribution in [2.75, 3.05) is 0 Å². The van der Waals surface area contributed by atoms with E-state index in [0.29, 0.717) is 12.3 Å². The van der Waals surface area contributed by atoms with Crippen molar-refractivity contribution in [3.8, 4) is 0 Å². The third-order valence-corrected chi connectivity index (χ3v) is 7.43. The highest BCUT2D eigenvalue weighted by Crippen LogP contribution is 2.44. The first-order valence-corrected chi connectivity index (χ1v) is 13.0. The molecule has 1 fully saturated rings. The summed E-state index contributed by atoms with van der Waals surface area (Å²) in [7, 11) is 0. The Hall–Kier alpha value is -0.870. The van der Waals surface area contributed by atoms with Crippen LogP contribution in [0.25, 0.3) is 0 Å². The molecular formula is C27H50O4. The summed E-state index contributed by atoms with van der Waals surface area (Å²) in [6.07, 6.45) is 17.8. The summed E-state index contributed by atoms with van der Waals surface area (Å²) in [5.41, 5.74) is 1.41. The van der Waals surface area contributed by atoms with Crippen LogP contribution in [-0.4, -0.2) is 27.1 Å². The van der Waals surface area contributed by atoms with E-state index < -0.39 is 11.8 Å². The van der Waals surface area contributed by atoms with Gasteiger partial charge < -0.3 is 15.3 Å². The fourth-order valence-corrected chi connectivity index (χ4v) is 5.38. The van der Waals surface area contributed by atoms with Crippen LogP contribution in [-0.2, 0) is 4.79 Å². The molecule has 0 bridgehead atoms. The van der Waals surface area contributed by atoms with Crippen LogP contribution in [0.3, 0.4) is 0 Å². The highest BCUT2D eigenvalue weighted by Gasteiger charge is 2.43. The number of hydrogen-bond donors (Lipinski definition) is 3. The van der Waals surface area contributed by atoms with Crippen LogP contribution in [0.4, 0.5) is 0 Å². The summed E-state index contributed by atoms with van der Waals surface area (Å²) in [4.78, 5) is 10.6. The van der Waals surface area contributed by atoms with E-state index >= 15 is 0 Å². The fourth-order valence-electron chi connectivity index (χ4n) is 5.38. The van der Waals surface area contributed by atoms with Crippen LogP contribution in [0.15, 0.2) is 11.6 Å². The summed E-state index contributed by atoms with van der Waals surface area (Å²) in [5.74, 6) is -1.83. The summed E-state index contributed by atoms with van der Waals surface area (Å²) in [5, 5.41) is 30.8. The largest absolute Gasteiger partial charge is 0.481 e. The zero-order valence-electron chi connectivity index (χ0n) is 20.8. The number of unbranched alkanes of at least 4 members (excludes halogenated alkanes) is 5. The standard InChI is InChI=1S/C27H50O4/c1-5-7-20-26(3,4)24(27(30,31)21-8-6-2)19-18-23-16-13-15-22(23)14-11-9-10-12-17-25(28)29/h18,22,24,30-31H,5-17,19-21H2,1-4H3,(H,28,29)/t22-,24?/m0/s1. The van der Waals surface area contributed by atoms with Gasteiger partial charge in [-0.1, -0.05) is 77.9 Å². The molecule has 1 aliphatic rings. The molecule has 1 rings (SSSR count). The highest BCUT2D eigenvalue weighted by atomic mass is 16.5. The Labute approximate surface area is 191 Å². The molecule has 0 radical (unpaired) electrons. The minimum Gasteiger partial charge on any atom is -0.481 e. The molecule has 0 aromatic heterocycles. The van der Waals surface area contributed by atoms with Crippen LogP contribution >= 0.6 is 0 Å². The number of carbonyl (C=O) groups is 1. The predicted molar refractivity (Wildman–Crippen MR) is 129 cm³/mol. The molecule has 182 valence electrons. The molecule has 0 saturated heterocycles. The van der Waals surface area contributed by atoms with Gasteiger partial charge in [-0.05, 0) is 62.7 Å². The molecular weight excluding hydrogens is 388 g/mol. The van der Waals surface area contributed by atoms with Gasteiger partial charge in [0.15, 0.2) is 5.79 Å². The second-order valence-electron chi connectivity index (χ2n) is 10.6. The molecule has 1 aliphatic carbocycles. The highest BCUT2D eigenvalue weighted by molar-refractivity contribution is 5.66. The minimum absolute atomic E-state index is 0.109. The van der Waals surface area contributed by atoms with Gasteiger partial charge in [0.2, 0.25) is 0 Å². The number of aliphatic carboxylic acids is 1. The van der Waals surface area contributed by atoms with Gasteiger partial charge in [0.05, 0.1) is 0 Å². The molecule has 4 nitrogen and oxygen atoms in total. The zero-order chi connectivity index (χ0) is 23.3. The molecule has 1 unspecified atom stereocenters. The molecule has 31 heavy (non-hydrogen) atoms. The normalized spacial score (nSPS) is 19.8. The molecule has 2 atom stereocenters. The van der Waals surface area contributed by atoms with Gasteiger partial charge in [-0.25, -0.2) is 0 Å². The number of carboxylic acids is 1. The van der Waals surface area contributed by atoms with E-state index in [1.54, 1.807) is 0 Å². The summed E-state index contributed by atoms with van der Waals surface area (Å²) >= 11 is 0. The third kappa shape index (κ3) is 10.5. The number of carboxylic acid groups (broad SMARTS) is 1. The zero-order valence-corrected chi connectivity index (χ0v) is 20.8. The van der Waals surface area contributed by atoms with E-state index in [2.05, 4.69) is 33.8 Å². The van der Waals surface area contributed by atoms with Crippen LogP contribution in [0.5, 0.6) is 0 Å². The van der Waals surface area contributed by atoms with Crippen LogP contribution in [0.2, 0.25) is 0 Å². The van der Waals surface area contributed by atoms with Gasteiger partial charge in [-0.3, -0.25) is 4.79 Å². The second kappa shape index (κ2) is 14.3. The molecule has 0 aromatic rings. The summed E-state index contributed by atoms with van der Waals surface area (Å²) in [6, 6.07) is 0. The molecule has 0 amide bonds. The Morgan fingerprint density at radius 2 is 1.68 bits per heavy atom. The molecule has 0 spiro atoms. The first-order chi connectivity index (χ1) is 14.6. The lowest BCUT2D eigenvalue weighted by Crippen LogP contribution is -2.45. The lowest BCUT2D eigenvalue weighted by Gasteiger charge is -2.42. The lowest BCUT2D eigenvalue weighted by atomic mass is 9.68. The first kappa shape index (κ1) is 28.2. The van der Waals surface area contributed by atoms with Crippen molar-refractivity contribution in [1.29, 1.82) is 0 Å². The van der Waals surface area contributed by atoms with Gasteiger partial charge in [-0.15, -0.1) is 0 Å². The monoisotopic (exact) mass is 438 g/mol. The number of allylic oxidation sites excluding steroid dienone is 2. The SMILES string of the molecule is CCCCC(C)(C)C(CC=C1CCC[C@@H]1CCCCCCC(=O)O)C(O)(O)CCCC. The van der Waals surface area contributed by atoms with E-state index in [0.717, 1.165) is 70.6 Å².